The van der Waals surface area contributed by atoms with E-state index in [2.05, 4.69) is 9.98 Å². The largest absolute Gasteiger partial charge is 0.504 e. The summed E-state index contributed by atoms with van der Waals surface area (Å²) in [6.45, 7) is 0.543. The van der Waals surface area contributed by atoms with Crippen LogP contribution in [0.1, 0.15) is 11.1 Å². The minimum Gasteiger partial charge on any atom is -0.504 e. The number of para-hydroxylation sites is 1. The van der Waals surface area contributed by atoms with E-state index in [0.29, 0.717) is 17.9 Å². The summed E-state index contributed by atoms with van der Waals surface area (Å²) in [5.74, 6) is 0.549. The third kappa shape index (κ3) is 3.40. The van der Waals surface area contributed by atoms with E-state index < -0.39 is 0 Å². The number of phenolic OH excluding ortho intramolecular Hbond substituents is 1. The van der Waals surface area contributed by atoms with Gasteiger partial charge in [-0.25, -0.2) is 4.98 Å². The van der Waals surface area contributed by atoms with E-state index in [4.69, 9.17) is 4.74 Å². The molecule has 0 unspecified atom stereocenters. The molecule has 2 aromatic carbocycles. The molecule has 0 aliphatic heterocycles. The third-order valence-electron chi connectivity index (χ3n) is 3.49. The number of ether oxygens (including phenoxy) is 1. The van der Waals surface area contributed by atoms with Crippen LogP contribution in [0.25, 0.3) is 5.69 Å². The highest BCUT2D eigenvalue weighted by Gasteiger charge is 2.04. The maximum Gasteiger partial charge on any atom is 0.166 e. The van der Waals surface area contributed by atoms with Gasteiger partial charge in [0.25, 0.3) is 0 Å². The number of aliphatic imine (C=N–C) groups is 1. The van der Waals surface area contributed by atoms with Crippen molar-refractivity contribution in [3.8, 4) is 17.2 Å². The zero-order valence-corrected chi connectivity index (χ0v) is 12.8. The van der Waals surface area contributed by atoms with Crippen molar-refractivity contribution in [3.63, 3.8) is 0 Å². The van der Waals surface area contributed by atoms with Gasteiger partial charge in [0.2, 0.25) is 0 Å². The molecule has 0 spiro atoms. The lowest BCUT2D eigenvalue weighted by Gasteiger charge is -2.05. The lowest BCUT2D eigenvalue weighted by atomic mass is 10.2. The first-order valence-electron chi connectivity index (χ1n) is 7.21. The number of aromatic nitrogens is 2. The zero-order valence-electron chi connectivity index (χ0n) is 12.8. The van der Waals surface area contributed by atoms with Crippen LogP contribution in [-0.2, 0) is 6.54 Å². The average Bonchev–Trinajstić information content (AvgIpc) is 3.11. The molecule has 0 radical (unpaired) electrons. The maximum absolute atomic E-state index is 10.0. The van der Waals surface area contributed by atoms with Gasteiger partial charge in [0.05, 0.1) is 20.0 Å². The van der Waals surface area contributed by atoms with E-state index in [0.717, 1.165) is 11.3 Å². The number of aromatic hydroxyl groups is 1. The van der Waals surface area contributed by atoms with Crippen molar-refractivity contribution in [2.75, 3.05) is 7.11 Å². The predicted octanol–water partition coefficient (Wildman–Crippen LogP) is 3.21. The molecule has 3 rings (SSSR count). The minimum absolute atomic E-state index is 0.106. The molecule has 0 aliphatic rings. The summed E-state index contributed by atoms with van der Waals surface area (Å²) in [4.78, 5) is 8.41. The number of methoxy groups -OCH3 is 1. The highest BCUT2D eigenvalue weighted by Crippen LogP contribution is 2.28. The summed E-state index contributed by atoms with van der Waals surface area (Å²) in [6.07, 6.45) is 7.07. The number of phenols is 1. The van der Waals surface area contributed by atoms with Gasteiger partial charge in [0.15, 0.2) is 11.5 Å². The van der Waals surface area contributed by atoms with Gasteiger partial charge in [-0.05, 0) is 29.8 Å². The number of hydrogen-bond acceptors (Lipinski definition) is 4. The zero-order chi connectivity index (χ0) is 16.1. The van der Waals surface area contributed by atoms with Gasteiger partial charge < -0.3 is 14.4 Å². The number of nitrogens with zero attached hydrogens (tertiary/aromatic N) is 3. The Labute approximate surface area is 134 Å². The molecule has 5 heteroatoms. The number of hydrogen-bond donors (Lipinski definition) is 1. The van der Waals surface area contributed by atoms with E-state index in [9.17, 15) is 5.11 Å². The van der Waals surface area contributed by atoms with Crippen LogP contribution in [0.4, 0.5) is 0 Å². The van der Waals surface area contributed by atoms with Crippen molar-refractivity contribution in [2.24, 2.45) is 4.99 Å². The van der Waals surface area contributed by atoms with Crippen LogP contribution in [0.3, 0.4) is 0 Å². The molecule has 0 bridgehead atoms. The van der Waals surface area contributed by atoms with Crippen molar-refractivity contribution < 1.29 is 9.84 Å². The maximum atomic E-state index is 10.0. The van der Waals surface area contributed by atoms with E-state index in [1.807, 2.05) is 41.1 Å². The monoisotopic (exact) mass is 307 g/mol. The summed E-state index contributed by atoms with van der Waals surface area (Å²) < 4.78 is 7.03. The SMILES string of the molecule is COc1cccc(C=NCc2ccc(-n3ccnc3)cc2)c1O. The minimum atomic E-state index is 0.106. The van der Waals surface area contributed by atoms with Crippen LogP contribution < -0.4 is 4.74 Å². The molecule has 0 amide bonds. The molecule has 5 nitrogen and oxygen atoms in total. The van der Waals surface area contributed by atoms with E-state index in [1.54, 1.807) is 30.9 Å². The fourth-order valence-electron chi connectivity index (χ4n) is 2.24. The molecule has 0 saturated carbocycles. The Balaban J connectivity index is 1.69. The Morgan fingerprint density at radius 3 is 2.74 bits per heavy atom. The van der Waals surface area contributed by atoms with Crippen LogP contribution in [-0.4, -0.2) is 28.0 Å². The molecule has 0 fully saturated rings. The van der Waals surface area contributed by atoms with Gasteiger partial charge in [-0.2, -0.15) is 0 Å². The molecule has 1 aromatic heterocycles. The molecule has 0 saturated heterocycles. The van der Waals surface area contributed by atoms with Gasteiger partial charge in [-0.15, -0.1) is 0 Å². The van der Waals surface area contributed by atoms with Crippen LogP contribution in [0, 0.1) is 0 Å². The standard InChI is InChI=1S/C18H17N3O2/c1-23-17-4-2-3-15(18(17)22)12-20-11-14-5-7-16(8-6-14)21-10-9-19-13-21/h2-10,12-13,22H,11H2,1H3. The number of benzene rings is 2. The van der Waals surface area contributed by atoms with Crippen molar-refractivity contribution >= 4 is 6.21 Å². The van der Waals surface area contributed by atoms with Gasteiger partial charge in [-0.3, -0.25) is 4.99 Å². The Kier molecular flexibility index (Phi) is 4.38. The second kappa shape index (κ2) is 6.79. The molecular weight excluding hydrogens is 290 g/mol. The van der Waals surface area contributed by atoms with Crippen molar-refractivity contribution in [1.29, 1.82) is 0 Å². The van der Waals surface area contributed by atoms with Crippen LogP contribution >= 0.6 is 0 Å². The molecule has 3 aromatic rings. The van der Waals surface area contributed by atoms with E-state index in [-0.39, 0.29) is 5.75 Å². The van der Waals surface area contributed by atoms with Crippen LogP contribution in [0.2, 0.25) is 0 Å². The van der Waals surface area contributed by atoms with E-state index >= 15 is 0 Å². The van der Waals surface area contributed by atoms with Gasteiger partial charge in [0, 0.05) is 29.9 Å². The molecule has 116 valence electrons. The van der Waals surface area contributed by atoms with Gasteiger partial charge in [-0.1, -0.05) is 18.2 Å². The highest BCUT2D eigenvalue weighted by atomic mass is 16.5. The Morgan fingerprint density at radius 1 is 1.22 bits per heavy atom. The average molecular weight is 307 g/mol. The number of rotatable bonds is 5. The summed E-state index contributed by atoms with van der Waals surface area (Å²) >= 11 is 0. The van der Waals surface area contributed by atoms with Crippen molar-refractivity contribution in [3.05, 3.63) is 72.3 Å². The molecule has 0 aliphatic carbocycles. The quantitative estimate of drug-likeness (QED) is 0.736. The van der Waals surface area contributed by atoms with Gasteiger partial charge >= 0.3 is 0 Å². The fraction of sp³-hybridized carbons (Fsp3) is 0.111. The number of imidazole rings is 1. The predicted molar refractivity (Wildman–Crippen MR) is 89.5 cm³/mol. The highest BCUT2D eigenvalue weighted by molar-refractivity contribution is 5.84. The first-order valence-corrected chi connectivity index (χ1v) is 7.21. The van der Waals surface area contributed by atoms with Crippen LogP contribution in [0.15, 0.2) is 66.2 Å². The topological polar surface area (TPSA) is 59.6 Å². The second-order valence-corrected chi connectivity index (χ2v) is 5.00. The summed E-state index contributed by atoms with van der Waals surface area (Å²) in [5.41, 5.74) is 2.78. The Hall–Kier alpha value is -3.08. The molecule has 23 heavy (non-hydrogen) atoms. The lowest BCUT2D eigenvalue weighted by Crippen LogP contribution is -1.91. The first-order chi connectivity index (χ1) is 11.3. The summed E-state index contributed by atoms with van der Waals surface area (Å²) in [7, 11) is 1.53. The second-order valence-electron chi connectivity index (χ2n) is 5.00. The lowest BCUT2D eigenvalue weighted by molar-refractivity contribution is 0.373. The van der Waals surface area contributed by atoms with Crippen molar-refractivity contribution in [1.82, 2.24) is 9.55 Å². The van der Waals surface area contributed by atoms with Gasteiger partial charge in [0.1, 0.15) is 0 Å². The normalized spacial score (nSPS) is 11.0. The van der Waals surface area contributed by atoms with Crippen LogP contribution in [0.5, 0.6) is 11.5 Å². The molecule has 1 heterocycles. The Bertz CT molecular complexity index is 794. The molecular formula is C18H17N3O2. The first kappa shape index (κ1) is 14.8. The molecule has 1 N–H and O–H groups in total. The summed E-state index contributed by atoms with van der Waals surface area (Å²) in [6, 6.07) is 13.4. The fourth-order valence-corrected chi connectivity index (χ4v) is 2.24. The summed E-state index contributed by atoms with van der Waals surface area (Å²) in [5, 5.41) is 10.0. The smallest absolute Gasteiger partial charge is 0.166 e. The van der Waals surface area contributed by atoms with Crippen molar-refractivity contribution in [2.45, 2.75) is 6.54 Å². The Morgan fingerprint density at radius 2 is 2.04 bits per heavy atom. The third-order valence-corrected chi connectivity index (χ3v) is 3.49. The van der Waals surface area contributed by atoms with E-state index in [1.165, 1.54) is 7.11 Å². The molecule has 0 atom stereocenters.